The van der Waals surface area contributed by atoms with Gasteiger partial charge >= 0.3 is 0 Å². The highest BCUT2D eigenvalue weighted by Gasteiger charge is 2.44. The summed E-state index contributed by atoms with van der Waals surface area (Å²) in [5.74, 6) is 0.266. The molecule has 0 spiro atoms. The monoisotopic (exact) mass is 381 g/mol. The molecule has 28 heavy (non-hydrogen) atoms. The molecule has 1 fully saturated rings. The Labute approximate surface area is 166 Å². The second-order valence-electron chi connectivity index (χ2n) is 7.55. The summed E-state index contributed by atoms with van der Waals surface area (Å²) < 4.78 is 18.2. The van der Waals surface area contributed by atoms with E-state index in [9.17, 15) is 0 Å². The first-order chi connectivity index (χ1) is 13.6. The lowest BCUT2D eigenvalue weighted by atomic mass is 10.1. The molecule has 0 radical (unpaired) electrons. The normalized spacial score (nSPS) is 24.7. The summed E-state index contributed by atoms with van der Waals surface area (Å²) >= 11 is 0. The molecule has 148 valence electrons. The van der Waals surface area contributed by atoms with Crippen LogP contribution in [0.5, 0.6) is 0 Å². The third-order valence-corrected chi connectivity index (χ3v) is 4.94. The fraction of sp³-hybridized carbons (Fsp3) is 0.391. The first kappa shape index (κ1) is 19.2. The van der Waals surface area contributed by atoms with Gasteiger partial charge in [-0.05, 0) is 31.1 Å². The van der Waals surface area contributed by atoms with Crippen LogP contribution in [0.25, 0.3) is 0 Å². The molecule has 5 heteroatoms. The Balaban J connectivity index is 1.53. The molecule has 0 aromatic heterocycles. The maximum Gasteiger partial charge on any atom is 0.163 e. The van der Waals surface area contributed by atoms with Crippen molar-refractivity contribution < 1.29 is 19.0 Å². The number of rotatable bonds is 6. The number of hydroxylamine groups is 2. The van der Waals surface area contributed by atoms with Gasteiger partial charge in [-0.2, -0.15) is 5.06 Å². The summed E-state index contributed by atoms with van der Waals surface area (Å²) in [7, 11) is 0. The van der Waals surface area contributed by atoms with Crippen molar-refractivity contribution in [3.8, 4) is 0 Å². The summed E-state index contributed by atoms with van der Waals surface area (Å²) in [5, 5.41) is 1.96. The lowest BCUT2D eigenvalue weighted by Gasteiger charge is -2.37. The van der Waals surface area contributed by atoms with Crippen molar-refractivity contribution in [2.24, 2.45) is 0 Å². The Morgan fingerprint density at radius 3 is 2.32 bits per heavy atom. The first-order valence-corrected chi connectivity index (χ1v) is 9.73. The van der Waals surface area contributed by atoms with Crippen LogP contribution in [0.3, 0.4) is 0 Å². The van der Waals surface area contributed by atoms with Crippen molar-refractivity contribution in [1.82, 2.24) is 5.06 Å². The second-order valence-corrected chi connectivity index (χ2v) is 7.55. The van der Waals surface area contributed by atoms with E-state index in [1.807, 2.05) is 61.4 Å². The minimum Gasteiger partial charge on any atom is -0.492 e. The van der Waals surface area contributed by atoms with E-state index in [1.165, 1.54) is 5.56 Å². The Morgan fingerprint density at radius 1 is 1.00 bits per heavy atom. The highest BCUT2D eigenvalue weighted by Crippen LogP contribution is 2.32. The third kappa shape index (κ3) is 4.62. The van der Waals surface area contributed by atoms with Crippen LogP contribution in [0.2, 0.25) is 0 Å². The SMILES string of the molecule is CC1(C)OC[C@H]([C@H]2C(OCc3ccccc3)=CCON2Cc2ccccc2)O1. The molecule has 0 unspecified atom stereocenters. The summed E-state index contributed by atoms with van der Waals surface area (Å²) in [6, 6.07) is 20.3. The average Bonchev–Trinajstić information content (AvgIpc) is 3.07. The van der Waals surface area contributed by atoms with Crippen LogP contribution in [0.1, 0.15) is 25.0 Å². The van der Waals surface area contributed by atoms with E-state index in [4.69, 9.17) is 19.0 Å². The van der Waals surface area contributed by atoms with Gasteiger partial charge < -0.3 is 14.2 Å². The van der Waals surface area contributed by atoms with Gasteiger partial charge in [-0.25, -0.2) is 0 Å². The van der Waals surface area contributed by atoms with Crippen LogP contribution >= 0.6 is 0 Å². The zero-order valence-electron chi connectivity index (χ0n) is 16.4. The fourth-order valence-electron chi connectivity index (χ4n) is 3.59. The molecule has 2 aliphatic rings. The highest BCUT2D eigenvalue weighted by atomic mass is 16.8. The Morgan fingerprint density at radius 2 is 1.68 bits per heavy atom. The van der Waals surface area contributed by atoms with Gasteiger partial charge in [0.25, 0.3) is 0 Å². The molecule has 4 rings (SSSR count). The molecule has 0 N–H and O–H groups in total. The fourth-order valence-corrected chi connectivity index (χ4v) is 3.59. The Bertz CT molecular complexity index is 791. The average molecular weight is 381 g/mol. The van der Waals surface area contributed by atoms with Gasteiger partial charge in [-0.1, -0.05) is 60.7 Å². The number of hydrogen-bond acceptors (Lipinski definition) is 5. The zero-order valence-corrected chi connectivity index (χ0v) is 16.4. The van der Waals surface area contributed by atoms with Gasteiger partial charge in [0, 0.05) is 0 Å². The molecule has 2 aromatic rings. The summed E-state index contributed by atoms with van der Waals surface area (Å²) in [4.78, 5) is 6.00. The lowest BCUT2D eigenvalue weighted by molar-refractivity contribution is -0.225. The number of ether oxygens (including phenoxy) is 3. The molecule has 5 nitrogen and oxygen atoms in total. The maximum atomic E-state index is 6.23. The maximum absolute atomic E-state index is 6.23. The first-order valence-electron chi connectivity index (χ1n) is 9.73. The summed E-state index contributed by atoms with van der Waals surface area (Å²) in [6.07, 6.45) is 1.84. The van der Waals surface area contributed by atoms with Crippen LogP contribution in [-0.2, 0) is 32.2 Å². The molecule has 1 saturated heterocycles. The van der Waals surface area contributed by atoms with Gasteiger partial charge in [0.15, 0.2) is 5.79 Å². The van der Waals surface area contributed by atoms with Crippen molar-refractivity contribution in [1.29, 1.82) is 0 Å². The number of nitrogens with zero attached hydrogens (tertiary/aromatic N) is 1. The van der Waals surface area contributed by atoms with Crippen molar-refractivity contribution in [2.45, 2.75) is 44.9 Å². The molecule has 0 bridgehead atoms. The minimum absolute atomic E-state index is 0.166. The zero-order chi connectivity index (χ0) is 19.4. The van der Waals surface area contributed by atoms with Crippen LogP contribution in [0, 0.1) is 0 Å². The molecular formula is C23H27NO4. The smallest absolute Gasteiger partial charge is 0.163 e. The quantitative estimate of drug-likeness (QED) is 0.755. The molecule has 0 amide bonds. The van der Waals surface area contributed by atoms with E-state index in [-0.39, 0.29) is 12.1 Å². The van der Waals surface area contributed by atoms with Crippen molar-refractivity contribution in [3.63, 3.8) is 0 Å². The number of benzene rings is 2. The molecule has 2 aliphatic heterocycles. The largest absolute Gasteiger partial charge is 0.492 e. The van der Waals surface area contributed by atoms with Crippen molar-refractivity contribution in [2.75, 3.05) is 13.2 Å². The van der Waals surface area contributed by atoms with Gasteiger partial charge in [0.05, 0.1) is 19.8 Å². The topological polar surface area (TPSA) is 40.2 Å². The van der Waals surface area contributed by atoms with Gasteiger partial charge in [-0.15, -0.1) is 0 Å². The van der Waals surface area contributed by atoms with E-state index < -0.39 is 5.79 Å². The predicted molar refractivity (Wildman–Crippen MR) is 106 cm³/mol. The van der Waals surface area contributed by atoms with Gasteiger partial charge in [0.1, 0.15) is 24.5 Å². The third-order valence-electron chi connectivity index (χ3n) is 4.94. The van der Waals surface area contributed by atoms with Crippen LogP contribution in [-0.4, -0.2) is 36.2 Å². The van der Waals surface area contributed by atoms with Crippen LogP contribution < -0.4 is 0 Å². The molecule has 0 aliphatic carbocycles. The van der Waals surface area contributed by atoms with Crippen LogP contribution in [0.15, 0.2) is 72.5 Å². The van der Waals surface area contributed by atoms with Gasteiger partial charge in [-0.3, -0.25) is 4.84 Å². The van der Waals surface area contributed by atoms with E-state index in [0.29, 0.717) is 26.4 Å². The molecule has 0 saturated carbocycles. The van der Waals surface area contributed by atoms with Crippen molar-refractivity contribution in [3.05, 3.63) is 83.6 Å². The standard InChI is InChI=1S/C23H27NO4/c1-23(2)26-17-21(28-23)22-20(25-16-19-11-7-4-8-12-19)13-14-27-24(22)15-18-9-5-3-6-10-18/h3-13,21-22H,14-17H2,1-2H3/t21-,22-/m1/s1. The minimum atomic E-state index is -0.606. The molecular weight excluding hydrogens is 354 g/mol. The van der Waals surface area contributed by atoms with Gasteiger partial charge in [0.2, 0.25) is 0 Å². The Kier molecular flexibility index (Phi) is 5.78. The van der Waals surface area contributed by atoms with E-state index in [0.717, 1.165) is 11.3 Å². The van der Waals surface area contributed by atoms with E-state index in [1.54, 1.807) is 0 Å². The molecule has 2 atom stereocenters. The van der Waals surface area contributed by atoms with Crippen LogP contribution in [0.4, 0.5) is 0 Å². The summed E-state index contributed by atoms with van der Waals surface area (Å²) in [6.45, 7) is 6.01. The van der Waals surface area contributed by atoms with Crippen molar-refractivity contribution >= 4 is 0 Å². The van der Waals surface area contributed by atoms with E-state index in [2.05, 4.69) is 24.3 Å². The summed E-state index contributed by atoms with van der Waals surface area (Å²) in [5.41, 5.74) is 2.31. The molecule has 2 aromatic carbocycles. The number of hydrogen-bond donors (Lipinski definition) is 0. The molecule has 2 heterocycles. The Hall–Kier alpha value is -2.18. The second kappa shape index (κ2) is 8.45. The predicted octanol–water partition coefficient (Wildman–Crippen LogP) is 4.05. The lowest BCUT2D eigenvalue weighted by Crippen LogP contribution is -2.48. The van der Waals surface area contributed by atoms with E-state index >= 15 is 0 Å². The highest BCUT2D eigenvalue weighted by molar-refractivity contribution is 5.18.